The number of carbonyl (C=O) groups is 1. The summed E-state index contributed by atoms with van der Waals surface area (Å²) in [5.41, 5.74) is 3.86. The first kappa shape index (κ1) is 21.7. The Morgan fingerprint density at radius 3 is 2.57 bits per heavy atom. The van der Waals surface area contributed by atoms with Gasteiger partial charge in [-0.1, -0.05) is 6.07 Å². The Balaban J connectivity index is 1.17. The van der Waals surface area contributed by atoms with Gasteiger partial charge in [0.2, 0.25) is 0 Å². The molecule has 0 radical (unpaired) electrons. The molecule has 35 heavy (non-hydrogen) atoms. The van der Waals surface area contributed by atoms with E-state index in [1.807, 2.05) is 49.8 Å². The van der Waals surface area contributed by atoms with Crippen LogP contribution in [0, 0.1) is 5.41 Å². The molecule has 1 spiro atoms. The number of amides is 1. The Labute approximate surface area is 203 Å². The molecule has 5 heterocycles. The molecule has 3 aromatic heterocycles. The molecule has 1 amide bonds. The number of nitrogens with one attached hydrogen (secondary N) is 1. The average Bonchev–Trinajstić information content (AvgIpc) is 3.29. The molecule has 4 aromatic rings. The molecular weight excluding hydrogens is 440 g/mol. The third-order valence-electron chi connectivity index (χ3n) is 7.23. The average molecular weight is 469 g/mol. The second-order valence-electron chi connectivity index (χ2n) is 9.92. The minimum atomic E-state index is -0.222. The summed E-state index contributed by atoms with van der Waals surface area (Å²) in [6.45, 7) is 4.32. The number of aryl methyl sites for hydroxylation is 1. The number of nitrogens with zero attached hydrogens (tertiary/aromatic N) is 7. The second kappa shape index (κ2) is 8.42. The summed E-state index contributed by atoms with van der Waals surface area (Å²) < 4.78 is 1.77. The van der Waals surface area contributed by atoms with E-state index in [1.54, 1.807) is 16.9 Å². The minimum Gasteiger partial charge on any atom is -0.357 e. The van der Waals surface area contributed by atoms with Crippen molar-refractivity contribution in [3.05, 3.63) is 60.6 Å². The molecule has 0 saturated carbocycles. The van der Waals surface area contributed by atoms with Crippen molar-refractivity contribution in [2.24, 2.45) is 12.5 Å². The summed E-state index contributed by atoms with van der Waals surface area (Å²) in [6.07, 6.45) is 7.84. The van der Waals surface area contributed by atoms with Crippen LogP contribution in [0.2, 0.25) is 0 Å². The minimum absolute atomic E-state index is 0.222. The summed E-state index contributed by atoms with van der Waals surface area (Å²) >= 11 is 0. The van der Waals surface area contributed by atoms with Crippen molar-refractivity contribution >= 4 is 28.4 Å². The van der Waals surface area contributed by atoms with Crippen LogP contribution in [0.5, 0.6) is 0 Å². The summed E-state index contributed by atoms with van der Waals surface area (Å²) in [5, 5.41) is 16.5. The van der Waals surface area contributed by atoms with Gasteiger partial charge in [-0.2, -0.15) is 5.10 Å². The summed E-state index contributed by atoms with van der Waals surface area (Å²) in [5.74, 6) is 1.05. The van der Waals surface area contributed by atoms with Gasteiger partial charge in [0.15, 0.2) is 5.82 Å². The normalized spacial score (nSPS) is 17.5. The number of hydrogen-bond acceptors (Lipinski definition) is 7. The van der Waals surface area contributed by atoms with Crippen LogP contribution in [0.1, 0.15) is 23.2 Å². The molecule has 1 N–H and O–H groups in total. The molecule has 0 atom stereocenters. The first-order valence-corrected chi connectivity index (χ1v) is 11.9. The number of hydrogen-bond donors (Lipinski definition) is 1. The van der Waals surface area contributed by atoms with E-state index in [4.69, 9.17) is 0 Å². The first-order chi connectivity index (χ1) is 17.0. The van der Waals surface area contributed by atoms with Crippen LogP contribution in [0.15, 0.2) is 55.0 Å². The van der Waals surface area contributed by atoms with Gasteiger partial charge in [0, 0.05) is 62.1 Å². The smallest absolute Gasteiger partial charge is 0.257 e. The van der Waals surface area contributed by atoms with Crippen LogP contribution in [-0.2, 0) is 7.05 Å². The highest BCUT2D eigenvalue weighted by Gasteiger charge is 2.43. The van der Waals surface area contributed by atoms with E-state index < -0.39 is 0 Å². The lowest BCUT2D eigenvalue weighted by molar-refractivity contribution is 0.00121. The van der Waals surface area contributed by atoms with Gasteiger partial charge in [0.05, 0.1) is 11.7 Å². The zero-order valence-corrected chi connectivity index (χ0v) is 20.0. The molecule has 9 nitrogen and oxygen atoms in total. The van der Waals surface area contributed by atoms with Crippen molar-refractivity contribution in [1.82, 2.24) is 29.9 Å². The fourth-order valence-corrected chi connectivity index (χ4v) is 5.40. The SMILES string of the molecule is CN1CC2(CCN(c3cc(C(=O)Nc4cc5cc(-c6cnn(C)c6)ccc5nn4)ccn3)CC2)C1. The molecule has 2 fully saturated rings. The zero-order chi connectivity index (χ0) is 24.0. The topological polar surface area (TPSA) is 92.1 Å². The molecule has 2 saturated heterocycles. The second-order valence-corrected chi connectivity index (χ2v) is 9.92. The molecule has 0 aliphatic carbocycles. The van der Waals surface area contributed by atoms with Crippen molar-refractivity contribution in [1.29, 1.82) is 0 Å². The lowest BCUT2D eigenvalue weighted by atomic mass is 9.72. The Bertz CT molecular complexity index is 1400. The zero-order valence-electron chi connectivity index (χ0n) is 20.0. The number of anilines is 2. The first-order valence-electron chi connectivity index (χ1n) is 11.9. The van der Waals surface area contributed by atoms with E-state index in [2.05, 4.69) is 42.4 Å². The van der Waals surface area contributed by atoms with Crippen LogP contribution < -0.4 is 10.2 Å². The molecule has 0 unspecified atom stereocenters. The van der Waals surface area contributed by atoms with E-state index in [0.717, 1.165) is 40.9 Å². The van der Waals surface area contributed by atoms with Gasteiger partial charge in [0.25, 0.3) is 5.91 Å². The van der Waals surface area contributed by atoms with Crippen LogP contribution >= 0.6 is 0 Å². The van der Waals surface area contributed by atoms with Gasteiger partial charge >= 0.3 is 0 Å². The predicted octanol–water partition coefficient (Wildman–Crippen LogP) is 3.21. The van der Waals surface area contributed by atoms with Crippen molar-refractivity contribution in [3.8, 4) is 11.1 Å². The molecule has 6 rings (SSSR count). The number of benzene rings is 1. The fraction of sp³-hybridized carbons (Fsp3) is 0.346. The number of aromatic nitrogens is 5. The van der Waals surface area contributed by atoms with Gasteiger partial charge in [-0.15, -0.1) is 10.2 Å². The lowest BCUT2D eigenvalue weighted by Gasteiger charge is -2.53. The number of piperidine rings is 1. The van der Waals surface area contributed by atoms with Gasteiger partial charge in [-0.25, -0.2) is 4.98 Å². The third-order valence-corrected chi connectivity index (χ3v) is 7.23. The number of rotatable bonds is 4. The van der Waals surface area contributed by atoms with Crippen molar-refractivity contribution in [3.63, 3.8) is 0 Å². The van der Waals surface area contributed by atoms with Crippen LogP contribution in [0.25, 0.3) is 22.0 Å². The van der Waals surface area contributed by atoms with Crippen molar-refractivity contribution < 1.29 is 4.79 Å². The highest BCUT2D eigenvalue weighted by molar-refractivity contribution is 6.04. The number of likely N-dealkylation sites (tertiary alicyclic amines) is 1. The van der Waals surface area contributed by atoms with Gasteiger partial charge in [-0.3, -0.25) is 9.48 Å². The van der Waals surface area contributed by atoms with Gasteiger partial charge in [0.1, 0.15) is 5.82 Å². The van der Waals surface area contributed by atoms with E-state index in [9.17, 15) is 4.79 Å². The molecule has 178 valence electrons. The summed E-state index contributed by atoms with van der Waals surface area (Å²) in [4.78, 5) is 22.2. The Hall–Kier alpha value is -3.85. The Morgan fingerprint density at radius 1 is 1.00 bits per heavy atom. The van der Waals surface area contributed by atoms with Crippen molar-refractivity contribution in [2.45, 2.75) is 12.8 Å². The highest BCUT2D eigenvalue weighted by atomic mass is 16.1. The highest BCUT2D eigenvalue weighted by Crippen LogP contribution is 2.40. The van der Waals surface area contributed by atoms with Crippen molar-refractivity contribution in [2.75, 3.05) is 43.4 Å². The predicted molar refractivity (Wildman–Crippen MR) is 135 cm³/mol. The maximum absolute atomic E-state index is 13.0. The third kappa shape index (κ3) is 4.23. The maximum atomic E-state index is 13.0. The van der Waals surface area contributed by atoms with E-state index >= 15 is 0 Å². The van der Waals surface area contributed by atoms with Gasteiger partial charge < -0.3 is 15.1 Å². The standard InChI is InChI=1S/C26H28N8O/c1-32-16-26(17-32)6-9-34(10-7-26)24-13-19(5-8-27-24)25(35)29-23-12-20-11-18(3-4-22(20)30-31-23)21-14-28-33(2)15-21/h3-5,8,11-15H,6-7,9-10,16-17H2,1-2H3,(H,29,31,35). The Kier molecular flexibility index (Phi) is 5.21. The van der Waals surface area contributed by atoms with Gasteiger partial charge in [-0.05, 0) is 61.2 Å². The van der Waals surface area contributed by atoms with E-state index in [-0.39, 0.29) is 5.91 Å². The quantitative estimate of drug-likeness (QED) is 0.492. The maximum Gasteiger partial charge on any atom is 0.257 e. The molecule has 1 aromatic carbocycles. The van der Waals surface area contributed by atoms with Crippen LogP contribution in [-0.4, -0.2) is 69.0 Å². The molecular formula is C26H28N8O. The largest absolute Gasteiger partial charge is 0.357 e. The van der Waals surface area contributed by atoms with E-state index in [1.165, 1.54) is 25.9 Å². The molecule has 9 heteroatoms. The molecule has 2 aliphatic rings. The number of carbonyl (C=O) groups excluding carboxylic acids is 1. The summed E-state index contributed by atoms with van der Waals surface area (Å²) in [6, 6.07) is 11.4. The van der Waals surface area contributed by atoms with E-state index in [0.29, 0.717) is 16.8 Å². The molecule has 0 bridgehead atoms. The fourth-order valence-electron chi connectivity index (χ4n) is 5.40. The molecule has 2 aliphatic heterocycles. The summed E-state index contributed by atoms with van der Waals surface area (Å²) in [7, 11) is 4.07. The monoisotopic (exact) mass is 468 g/mol. The van der Waals surface area contributed by atoms with Crippen LogP contribution in [0.4, 0.5) is 11.6 Å². The number of pyridine rings is 1. The Morgan fingerprint density at radius 2 is 1.83 bits per heavy atom. The lowest BCUT2D eigenvalue weighted by Crippen LogP contribution is -2.58. The number of fused-ring (bicyclic) bond motifs is 1. The van der Waals surface area contributed by atoms with Crippen LogP contribution in [0.3, 0.4) is 0 Å².